The number of nitrogens with one attached hydrogen (secondary N) is 1. The Hall–Kier alpha value is -0.350. The van der Waals surface area contributed by atoms with E-state index in [-0.39, 0.29) is 6.04 Å². The summed E-state index contributed by atoms with van der Waals surface area (Å²) in [5.74, 6) is 3.05. The van der Waals surface area contributed by atoms with Crippen molar-refractivity contribution in [2.45, 2.75) is 31.7 Å². The van der Waals surface area contributed by atoms with E-state index >= 15 is 0 Å². The summed E-state index contributed by atoms with van der Waals surface area (Å²) < 4.78 is 23.1. The fraction of sp³-hybridized carbons (Fsp3) is 0.846. The maximum Gasteiger partial charge on any atom is 0.151 e. The second kappa shape index (κ2) is 4.39. The smallest absolute Gasteiger partial charge is 0.151 e. The van der Waals surface area contributed by atoms with Crippen molar-refractivity contribution in [2.24, 2.45) is 17.8 Å². The van der Waals surface area contributed by atoms with E-state index in [0.29, 0.717) is 11.5 Å². The van der Waals surface area contributed by atoms with Gasteiger partial charge in [-0.15, -0.1) is 0 Å². The number of rotatable bonds is 3. The molecule has 4 heteroatoms. The van der Waals surface area contributed by atoms with E-state index in [2.05, 4.69) is 17.5 Å². The highest BCUT2D eigenvalue weighted by molar-refractivity contribution is 7.91. The summed E-state index contributed by atoms with van der Waals surface area (Å²) in [5.41, 5.74) is 0. The summed E-state index contributed by atoms with van der Waals surface area (Å²) in [5, 5.41) is 3.49. The van der Waals surface area contributed by atoms with Crippen LogP contribution in [0.25, 0.3) is 0 Å². The van der Waals surface area contributed by atoms with E-state index < -0.39 is 9.84 Å². The Kier molecular flexibility index (Phi) is 3.03. The van der Waals surface area contributed by atoms with Crippen LogP contribution < -0.4 is 5.32 Å². The Balaban J connectivity index is 1.50. The monoisotopic (exact) mass is 255 g/mol. The predicted octanol–water partition coefficient (Wildman–Crippen LogP) is 1.37. The molecule has 1 saturated carbocycles. The summed E-state index contributed by atoms with van der Waals surface area (Å²) >= 11 is 0. The first-order chi connectivity index (χ1) is 8.12. The average molecular weight is 255 g/mol. The van der Waals surface area contributed by atoms with Crippen LogP contribution >= 0.6 is 0 Å². The number of hydrogen-bond donors (Lipinski definition) is 1. The topological polar surface area (TPSA) is 46.2 Å². The van der Waals surface area contributed by atoms with Gasteiger partial charge in [-0.05, 0) is 50.0 Å². The Morgan fingerprint density at radius 2 is 2.12 bits per heavy atom. The lowest BCUT2D eigenvalue weighted by Crippen LogP contribution is -2.42. The molecule has 3 rings (SSSR count). The van der Waals surface area contributed by atoms with Crippen LogP contribution in [-0.2, 0) is 9.84 Å². The molecule has 3 nitrogen and oxygen atoms in total. The number of allylic oxidation sites excluding steroid dienone is 2. The molecule has 96 valence electrons. The number of fused-ring (bicyclic) bond motifs is 2. The molecule has 1 saturated heterocycles. The van der Waals surface area contributed by atoms with Crippen molar-refractivity contribution in [1.82, 2.24) is 5.32 Å². The van der Waals surface area contributed by atoms with Crippen molar-refractivity contribution >= 4 is 9.84 Å². The maximum atomic E-state index is 11.5. The van der Waals surface area contributed by atoms with Gasteiger partial charge in [-0.1, -0.05) is 12.2 Å². The molecule has 0 radical (unpaired) electrons. The van der Waals surface area contributed by atoms with E-state index in [1.165, 1.54) is 12.8 Å². The van der Waals surface area contributed by atoms with Crippen molar-refractivity contribution in [3.8, 4) is 0 Å². The second-order valence-electron chi connectivity index (χ2n) is 5.90. The summed E-state index contributed by atoms with van der Waals surface area (Å²) in [6.07, 6.45) is 9.19. The average Bonchev–Trinajstić information content (AvgIpc) is 2.86. The summed E-state index contributed by atoms with van der Waals surface area (Å²) in [7, 11) is -2.76. The van der Waals surface area contributed by atoms with Crippen LogP contribution in [0.2, 0.25) is 0 Å². The molecule has 1 aliphatic heterocycles. The third kappa shape index (κ3) is 2.58. The zero-order chi connectivity index (χ0) is 11.9. The van der Waals surface area contributed by atoms with Crippen molar-refractivity contribution in [3.63, 3.8) is 0 Å². The molecule has 0 amide bonds. The van der Waals surface area contributed by atoms with Crippen LogP contribution in [-0.4, -0.2) is 32.5 Å². The largest absolute Gasteiger partial charge is 0.313 e. The van der Waals surface area contributed by atoms with Gasteiger partial charge in [0.15, 0.2) is 9.84 Å². The van der Waals surface area contributed by atoms with Gasteiger partial charge < -0.3 is 5.32 Å². The Bertz CT molecular complexity index is 415. The van der Waals surface area contributed by atoms with E-state index in [1.54, 1.807) is 0 Å². The van der Waals surface area contributed by atoms with Gasteiger partial charge in [0.25, 0.3) is 0 Å². The lowest BCUT2D eigenvalue weighted by atomic mass is 9.93. The molecular formula is C13H21NO2S. The van der Waals surface area contributed by atoms with Gasteiger partial charge in [-0.25, -0.2) is 8.42 Å². The molecule has 1 N–H and O–H groups in total. The SMILES string of the molecule is O=S1(=O)CCCC(NCC2CC3C=CC2C3)C1. The molecule has 4 atom stereocenters. The molecule has 0 aromatic carbocycles. The fourth-order valence-electron chi connectivity index (χ4n) is 3.63. The van der Waals surface area contributed by atoms with Crippen LogP contribution in [0.3, 0.4) is 0 Å². The Morgan fingerprint density at radius 1 is 1.24 bits per heavy atom. The van der Waals surface area contributed by atoms with Crippen molar-refractivity contribution in [1.29, 1.82) is 0 Å². The predicted molar refractivity (Wildman–Crippen MR) is 68.5 cm³/mol. The van der Waals surface area contributed by atoms with Crippen LogP contribution in [0.1, 0.15) is 25.7 Å². The zero-order valence-electron chi connectivity index (χ0n) is 10.1. The van der Waals surface area contributed by atoms with E-state index in [1.807, 2.05) is 0 Å². The molecule has 2 fully saturated rings. The lowest BCUT2D eigenvalue weighted by molar-refractivity contribution is 0.377. The second-order valence-corrected chi connectivity index (χ2v) is 8.13. The molecule has 0 spiro atoms. The maximum absolute atomic E-state index is 11.5. The minimum atomic E-state index is -2.76. The summed E-state index contributed by atoms with van der Waals surface area (Å²) in [4.78, 5) is 0. The standard InChI is InChI=1S/C13H21NO2S/c15-17(16)5-1-2-13(9-17)14-8-12-7-10-3-4-11(12)6-10/h3-4,10-14H,1-2,5-9H2. The van der Waals surface area contributed by atoms with Crippen molar-refractivity contribution < 1.29 is 8.42 Å². The van der Waals surface area contributed by atoms with E-state index in [0.717, 1.165) is 37.1 Å². The van der Waals surface area contributed by atoms with Crippen LogP contribution in [0.4, 0.5) is 0 Å². The zero-order valence-corrected chi connectivity index (χ0v) is 11.0. The third-order valence-corrected chi connectivity index (χ3v) is 6.37. The molecule has 0 aromatic heterocycles. The summed E-state index contributed by atoms with van der Waals surface area (Å²) in [6.45, 7) is 1.01. The molecule has 1 heterocycles. The normalized spacial score (nSPS) is 43.1. The van der Waals surface area contributed by atoms with Gasteiger partial charge in [0, 0.05) is 6.04 Å². The summed E-state index contributed by atoms with van der Waals surface area (Å²) in [6, 6.07) is 0.205. The highest BCUT2D eigenvalue weighted by atomic mass is 32.2. The quantitative estimate of drug-likeness (QED) is 0.775. The van der Waals surface area contributed by atoms with Gasteiger partial charge >= 0.3 is 0 Å². The minimum absolute atomic E-state index is 0.205. The fourth-order valence-corrected chi connectivity index (χ4v) is 5.30. The minimum Gasteiger partial charge on any atom is -0.313 e. The first-order valence-electron chi connectivity index (χ1n) is 6.74. The lowest BCUT2D eigenvalue weighted by Gasteiger charge is -2.26. The Morgan fingerprint density at radius 3 is 2.76 bits per heavy atom. The number of hydrogen-bond acceptors (Lipinski definition) is 3. The van der Waals surface area contributed by atoms with Gasteiger partial charge in [0.2, 0.25) is 0 Å². The molecule has 4 unspecified atom stereocenters. The first-order valence-corrected chi connectivity index (χ1v) is 8.57. The molecule has 0 aromatic rings. The first kappa shape index (κ1) is 11.7. The van der Waals surface area contributed by atoms with Crippen LogP contribution in [0, 0.1) is 17.8 Å². The highest BCUT2D eigenvalue weighted by Crippen LogP contribution is 2.43. The van der Waals surface area contributed by atoms with Gasteiger partial charge in [0.05, 0.1) is 11.5 Å². The van der Waals surface area contributed by atoms with Crippen molar-refractivity contribution in [3.05, 3.63) is 12.2 Å². The van der Waals surface area contributed by atoms with Crippen LogP contribution in [0.5, 0.6) is 0 Å². The van der Waals surface area contributed by atoms with Gasteiger partial charge in [0.1, 0.15) is 0 Å². The molecule has 2 aliphatic carbocycles. The van der Waals surface area contributed by atoms with E-state index in [4.69, 9.17) is 0 Å². The van der Waals surface area contributed by atoms with Gasteiger partial charge in [-0.2, -0.15) is 0 Å². The molecule has 3 aliphatic rings. The van der Waals surface area contributed by atoms with E-state index in [9.17, 15) is 8.42 Å². The van der Waals surface area contributed by atoms with Crippen LogP contribution in [0.15, 0.2) is 12.2 Å². The third-order valence-electron chi connectivity index (χ3n) is 4.55. The molecular weight excluding hydrogens is 234 g/mol. The van der Waals surface area contributed by atoms with Crippen molar-refractivity contribution in [2.75, 3.05) is 18.1 Å². The number of sulfone groups is 1. The Labute approximate surface area is 104 Å². The molecule has 2 bridgehead atoms. The molecule has 17 heavy (non-hydrogen) atoms. The highest BCUT2D eigenvalue weighted by Gasteiger charge is 2.35. The van der Waals surface area contributed by atoms with Gasteiger partial charge in [-0.3, -0.25) is 0 Å².